The molecular weight excluding hydrogens is 152 g/mol. The molecule has 0 unspecified atom stereocenters. The Morgan fingerprint density at radius 2 is 1.82 bits per heavy atom. The normalized spacial score (nSPS) is 55.4. The van der Waals surface area contributed by atoms with Crippen molar-refractivity contribution in [1.82, 2.24) is 0 Å². The summed E-state index contributed by atoms with van der Waals surface area (Å²) in [4.78, 5) is 0. The molecule has 2 fully saturated rings. The van der Waals surface area contributed by atoms with E-state index in [1.54, 1.807) is 0 Å². The van der Waals surface area contributed by atoms with E-state index in [1.165, 1.54) is 0 Å². The van der Waals surface area contributed by atoms with Gasteiger partial charge in [0.05, 0.1) is 6.61 Å². The number of ether oxygens (including phenoxy) is 2. The topological polar surface area (TPSA) is 79.2 Å². The average molecular weight is 162 g/mol. The van der Waals surface area contributed by atoms with E-state index in [0.29, 0.717) is 0 Å². The van der Waals surface area contributed by atoms with Crippen LogP contribution in [0.4, 0.5) is 0 Å². The van der Waals surface area contributed by atoms with Crippen molar-refractivity contribution in [1.29, 1.82) is 0 Å². The van der Waals surface area contributed by atoms with Gasteiger partial charge in [-0.3, -0.25) is 0 Å². The van der Waals surface area contributed by atoms with Crippen LogP contribution in [0.3, 0.4) is 0 Å². The molecule has 0 aliphatic carbocycles. The third-order valence-electron chi connectivity index (χ3n) is 2.11. The SMILES string of the molecule is OC[C@H]1O[C@H]2O[C@H]1[C@H](O)[C@H]2O. The zero-order valence-electron chi connectivity index (χ0n) is 5.75. The molecule has 2 aliphatic rings. The summed E-state index contributed by atoms with van der Waals surface area (Å²) in [5.74, 6) is 0. The van der Waals surface area contributed by atoms with E-state index < -0.39 is 30.7 Å². The number of aliphatic hydroxyl groups excluding tert-OH is 3. The van der Waals surface area contributed by atoms with Gasteiger partial charge in [0.25, 0.3) is 0 Å². The summed E-state index contributed by atoms with van der Waals surface area (Å²) in [6.45, 7) is -0.190. The highest BCUT2D eigenvalue weighted by Gasteiger charge is 2.54. The van der Waals surface area contributed by atoms with Crippen molar-refractivity contribution in [2.75, 3.05) is 6.61 Å². The van der Waals surface area contributed by atoms with Gasteiger partial charge in [-0.2, -0.15) is 0 Å². The first-order chi connectivity index (χ1) is 5.24. The molecule has 0 aromatic carbocycles. The largest absolute Gasteiger partial charge is 0.394 e. The number of hydrogen-bond donors (Lipinski definition) is 3. The van der Waals surface area contributed by atoms with Crippen LogP contribution >= 0.6 is 0 Å². The van der Waals surface area contributed by atoms with Crippen LogP contribution in [0.5, 0.6) is 0 Å². The zero-order valence-corrected chi connectivity index (χ0v) is 5.75. The van der Waals surface area contributed by atoms with E-state index in [-0.39, 0.29) is 6.61 Å². The highest BCUT2D eigenvalue weighted by molar-refractivity contribution is 4.96. The molecule has 3 N–H and O–H groups in total. The Hall–Kier alpha value is -0.200. The fraction of sp³-hybridized carbons (Fsp3) is 1.00. The van der Waals surface area contributed by atoms with E-state index >= 15 is 0 Å². The Kier molecular flexibility index (Phi) is 1.62. The second kappa shape index (κ2) is 2.40. The van der Waals surface area contributed by atoms with Crippen molar-refractivity contribution in [3.05, 3.63) is 0 Å². The molecule has 0 radical (unpaired) electrons. The highest BCUT2D eigenvalue weighted by Crippen LogP contribution is 2.33. The molecule has 0 aromatic heterocycles. The standard InChI is InChI=1S/C6H10O5/c7-1-2-5-3(8)4(9)6(10-2)11-5/h2-9H,1H2/t2-,3-,4-,5-,6+/m1/s1. The smallest absolute Gasteiger partial charge is 0.187 e. The summed E-state index contributed by atoms with van der Waals surface area (Å²) >= 11 is 0. The van der Waals surface area contributed by atoms with Gasteiger partial charge in [-0.1, -0.05) is 0 Å². The molecule has 2 bridgehead atoms. The lowest BCUT2D eigenvalue weighted by Gasteiger charge is -2.24. The third-order valence-corrected chi connectivity index (χ3v) is 2.11. The average Bonchev–Trinajstić information content (AvgIpc) is 2.53. The van der Waals surface area contributed by atoms with Crippen molar-refractivity contribution in [2.24, 2.45) is 0 Å². The van der Waals surface area contributed by atoms with Gasteiger partial charge >= 0.3 is 0 Å². The van der Waals surface area contributed by atoms with Crippen molar-refractivity contribution in [2.45, 2.75) is 30.7 Å². The Labute approximate surface area is 63.2 Å². The molecule has 0 aromatic rings. The molecule has 64 valence electrons. The molecular formula is C6H10O5. The minimum absolute atomic E-state index is 0.190. The summed E-state index contributed by atoms with van der Waals surface area (Å²) < 4.78 is 10.0. The summed E-state index contributed by atoms with van der Waals surface area (Å²) in [7, 11) is 0. The number of fused-ring (bicyclic) bond motifs is 2. The predicted molar refractivity (Wildman–Crippen MR) is 32.6 cm³/mol. The van der Waals surface area contributed by atoms with Gasteiger partial charge < -0.3 is 24.8 Å². The van der Waals surface area contributed by atoms with E-state index in [2.05, 4.69) is 0 Å². The first-order valence-corrected chi connectivity index (χ1v) is 3.52. The van der Waals surface area contributed by atoms with Gasteiger partial charge in [0.1, 0.15) is 24.4 Å². The first kappa shape index (κ1) is 7.45. The van der Waals surface area contributed by atoms with Gasteiger partial charge in [0, 0.05) is 0 Å². The second-order valence-corrected chi connectivity index (χ2v) is 2.81. The minimum atomic E-state index is -0.970. The Balaban J connectivity index is 2.10. The van der Waals surface area contributed by atoms with Crippen LogP contribution in [0.2, 0.25) is 0 Å². The number of aliphatic hydroxyl groups is 3. The summed E-state index contributed by atoms with van der Waals surface area (Å²) in [6.07, 6.45) is -3.71. The molecule has 5 heteroatoms. The van der Waals surface area contributed by atoms with Crippen LogP contribution in [-0.4, -0.2) is 52.6 Å². The lowest BCUT2D eigenvalue weighted by Crippen LogP contribution is -2.46. The molecule has 2 saturated heterocycles. The molecule has 0 saturated carbocycles. The Bertz CT molecular complexity index is 155. The number of hydrogen-bond acceptors (Lipinski definition) is 5. The minimum Gasteiger partial charge on any atom is -0.394 e. The van der Waals surface area contributed by atoms with Gasteiger partial charge in [-0.05, 0) is 0 Å². The van der Waals surface area contributed by atoms with Gasteiger partial charge in [0.2, 0.25) is 0 Å². The predicted octanol–water partition coefficient (Wildman–Crippen LogP) is -2.18. The van der Waals surface area contributed by atoms with Crippen molar-refractivity contribution < 1.29 is 24.8 Å². The van der Waals surface area contributed by atoms with E-state index in [0.717, 1.165) is 0 Å². The Morgan fingerprint density at radius 3 is 2.27 bits per heavy atom. The molecule has 2 aliphatic heterocycles. The summed E-state index contributed by atoms with van der Waals surface area (Å²) in [5.41, 5.74) is 0. The maximum atomic E-state index is 9.22. The van der Waals surface area contributed by atoms with Gasteiger partial charge in [-0.25, -0.2) is 0 Å². The quantitative estimate of drug-likeness (QED) is 0.408. The van der Waals surface area contributed by atoms with E-state index in [1.807, 2.05) is 0 Å². The second-order valence-electron chi connectivity index (χ2n) is 2.81. The van der Waals surface area contributed by atoms with Gasteiger partial charge in [0.15, 0.2) is 6.29 Å². The van der Waals surface area contributed by atoms with Crippen molar-refractivity contribution in [3.8, 4) is 0 Å². The molecule has 0 spiro atoms. The summed E-state index contributed by atoms with van der Waals surface area (Å²) in [6, 6.07) is 0. The molecule has 5 atom stereocenters. The van der Waals surface area contributed by atoms with Crippen LogP contribution in [0.15, 0.2) is 0 Å². The first-order valence-electron chi connectivity index (χ1n) is 3.52. The van der Waals surface area contributed by atoms with Crippen LogP contribution in [0.25, 0.3) is 0 Å². The molecule has 5 nitrogen and oxygen atoms in total. The lowest BCUT2D eigenvalue weighted by atomic mass is 10.0. The van der Waals surface area contributed by atoms with Crippen LogP contribution in [0, 0.1) is 0 Å². The summed E-state index contributed by atoms with van der Waals surface area (Å²) in [5, 5.41) is 27.0. The zero-order chi connectivity index (χ0) is 8.01. The monoisotopic (exact) mass is 162 g/mol. The van der Waals surface area contributed by atoms with Crippen LogP contribution < -0.4 is 0 Å². The molecule has 0 amide bonds. The maximum absolute atomic E-state index is 9.22. The fourth-order valence-corrected chi connectivity index (χ4v) is 1.49. The van der Waals surface area contributed by atoms with Crippen molar-refractivity contribution in [3.63, 3.8) is 0 Å². The van der Waals surface area contributed by atoms with E-state index in [4.69, 9.17) is 19.7 Å². The molecule has 2 rings (SSSR count). The van der Waals surface area contributed by atoms with Crippen LogP contribution in [0.1, 0.15) is 0 Å². The maximum Gasteiger partial charge on any atom is 0.187 e. The lowest BCUT2D eigenvalue weighted by molar-refractivity contribution is -0.141. The third kappa shape index (κ3) is 0.896. The number of rotatable bonds is 1. The van der Waals surface area contributed by atoms with Crippen molar-refractivity contribution >= 4 is 0 Å². The highest BCUT2D eigenvalue weighted by atomic mass is 16.8. The van der Waals surface area contributed by atoms with Gasteiger partial charge in [-0.15, -0.1) is 0 Å². The Morgan fingerprint density at radius 1 is 1.09 bits per heavy atom. The van der Waals surface area contributed by atoms with Crippen LogP contribution in [-0.2, 0) is 9.47 Å². The molecule has 2 heterocycles. The van der Waals surface area contributed by atoms with E-state index in [9.17, 15) is 5.11 Å². The molecule has 11 heavy (non-hydrogen) atoms. The fourth-order valence-electron chi connectivity index (χ4n) is 1.49.